The van der Waals surface area contributed by atoms with Gasteiger partial charge in [-0.3, -0.25) is 0 Å². The van der Waals surface area contributed by atoms with Gasteiger partial charge in [-0.05, 0) is 74.5 Å². The molecule has 2 saturated carbocycles. The molecule has 1 unspecified atom stereocenters. The largest absolute Gasteiger partial charge is 0.492 e. The average Bonchev–Trinajstić information content (AvgIpc) is 2.56. The zero-order chi connectivity index (χ0) is 15.5. The number of hydrogen-bond acceptors (Lipinski definition) is 1. The van der Waals surface area contributed by atoms with Gasteiger partial charge in [0.25, 0.3) is 0 Å². The van der Waals surface area contributed by atoms with Crippen molar-refractivity contribution in [2.24, 2.45) is 29.6 Å². The zero-order valence-corrected chi connectivity index (χ0v) is 13.8. The molecule has 1 saturated heterocycles. The quantitative estimate of drug-likeness (QED) is 0.594. The lowest BCUT2D eigenvalue weighted by Crippen LogP contribution is -2.31. The molecular formula is C19H30F2O. The smallest absolute Gasteiger partial charge is 0.307 e. The first kappa shape index (κ1) is 16.3. The standard InChI is InChI=1S/C19H30F2O/c1-13-2-4-14(5-3-13)15-6-8-16(9-7-15)17-10-11-18(19(20)21)22-12-17/h13-17H,2-12H2,1H3. The number of ether oxygens (including phenoxy) is 1. The Kier molecular flexibility index (Phi) is 5.41. The molecule has 1 aliphatic heterocycles. The van der Waals surface area contributed by atoms with Crippen LogP contribution in [0.3, 0.4) is 0 Å². The Hall–Kier alpha value is -0.600. The lowest BCUT2D eigenvalue weighted by Gasteiger charge is -2.40. The summed E-state index contributed by atoms with van der Waals surface area (Å²) in [5.74, 6) is 4.01. The normalized spacial score (nSPS) is 40.1. The fourth-order valence-electron chi connectivity index (χ4n) is 5.05. The molecule has 0 aromatic heterocycles. The fraction of sp³-hybridized carbons (Fsp3) is 0.895. The Morgan fingerprint density at radius 1 is 0.773 bits per heavy atom. The van der Waals surface area contributed by atoms with Crippen LogP contribution in [0, 0.1) is 29.6 Å². The topological polar surface area (TPSA) is 9.23 Å². The molecule has 0 bridgehead atoms. The van der Waals surface area contributed by atoms with E-state index in [1.807, 2.05) is 0 Å². The van der Waals surface area contributed by atoms with Crippen LogP contribution in [0.15, 0.2) is 11.8 Å². The van der Waals surface area contributed by atoms with Crippen molar-refractivity contribution in [2.45, 2.75) is 71.1 Å². The molecule has 0 amide bonds. The Bertz CT molecular complexity index is 376. The molecule has 3 fully saturated rings. The van der Waals surface area contributed by atoms with Crippen molar-refractivity contribution < 1.29 is 13.5 Å². The summed E-state index contributed by atoms with van der Waals surface area (Å²) >= 11 is 0. The molecule has 3 aliphatic rings. The minimum absolute atomic E-state index is 0.0544. The first-order valence-electron chi connectivity index (χ1n) is 9.30. The average molecular weight is 312 g/mol. The molecule has 126 valence electrons. The molecule has 0 N–H and O–H groups in total. The number of hydrogen-bond donors (Lipinski definition) is 0. The monoisotopic (exact) mass is 312 g/mol. The van der Waals surface area contributed by atoms with Crippen LogP contribution >= 0.6 is 0 Å². The van der Waals surface area contributed by atoms with E-state index in [9.17, 15) is 8.78 Å². The second-order valence-electron chi connectivity index (χ2n) is 7.99. The second kappa shape index (κ2) is 7.31. The van der Waals surface area contributed by atoms with E-state index in [2.05, 4.69) is 6.92 Å². The molecular weight excluding hydrogens is 282 g/mol. The van der Waals surface area contributed by atoms with E-state index in [1.54, 1.807) is 0 Å². The number of allylic oxidation sites excluding steroid dienone is 1. The third-order valence-electron chi connectivity index (χ3n) is 6.63. The maximum Gasteiger partial charge on any atom is 0.307 e. The summed E-state index contributed by atoms with van der Waals surface area (Å²) in [6.07, 6.45) is 10.7. The van der Waals surface area contributed by atoms with E-state index < -0.39 is 6.08 Å². The Labute approximate surface area is 133 Å². The summed E-state index contributed by atoms with van der Waals surface area (Å²) in [5, 5.41) is 0. The highest BCUT2D eigenvalue weighted by atomic mass is 19.3. The van der Waals surface area contributed by atoms with E-state index in [-0.39, 0.29) is 5.76 Å². The van der Waals surface area contributed by atoms with Crippen LogP contribution < -0.4 is 0 Å². The van der Waals surface area contributed by atoms with Crippen molar-refractivity contribution >= 4 is 0 Å². The molecule has 1 nitrogen and oxygen atoms in total. The molecule has 0 radical (unpaired) electrons. The highest BCUT2D eigenvalue weighted by Gasteiger charge is 2.34. The lowest BCUT2D eigenvalue weighted by atomic mass is 9.67. The summed E-state index contributed by atoms with van der Waals surface area (Å²) < 4.78 is 30.3. The predicted octanol–water partition coefficient (Wildman–Crippen LogP) is 6.15. The van der Waals surface area contributed by atoms with Crippen molar-refractivity contribution in [1.82, 2.24) is 0 Å². The van der Waals surface area contributed by atoms with Gasteiger partial charge in [-0.1, -0.05) is 19.8 Å². The highest BCUT2D eigenvalue weighted by Crippen LogP contribution is 2.44. The molecule has 3 rings (SSSR count). The zero-order valence-electron chi connectivity index (χ0n) is 13.8. The van der Waals surface area contributed by atoms with Crippen molar-refractivity contribution in [3.8, 4) is 0 Å². The van der Waals surface area contributed by atoms with Crippen LogP contribution in [-0.2, 0) is 4.74 Å². The van der Waals surface area contributed by atoms with Gasteiger partial charge in [0.05, 0.1) is 6.61 Å². The van der Waals surface area contributed by atoms with Crippen molar-refractivity contribution in [1.29, 1.82) is 0 Å². The summed E-state index contributed by atoms with van der Waals surface area (Å²) in [6, 6.07) is 0. The number of rotatable bonds is 2. The van der Waals surface area contributed by atoms with Crippen LogP contribution in [0.25, 0.3) is 0 Å². The third kappa shape index (κ3) is 3.83. The molecule has 22 heavy (non-hydrogen) atoms. The molecule has 0 aromatic carbocycles. The van der Waals surface area contributed by atoms with Gasteiger partial charge >= 0.3 is 6.08 Å². The Morgan fingerprint density at radius 3 is 1.73 bits per heavy atom. The summed E-state index contributed by atoms with van der Waals surface area (Å²) in [6.45, 7) is 2.90. The van der Waals surface area contributed by atoms with Gasteiger partial charge in [-0.15, -0.1) is 0 Å². The number of halogens is 2. The highest BCUT2D eigenvalue weighted by molar-refractivity contribution is 4.97. The van der Waals surface area contributed by atoms with Gasteiger partial charge in [0.1, 0.15) is 0 Å². The lowest BCUT2D eigenvalue weighted by molar-refractivity contribution is 0.0444. The summed E-state index contributed by atoms with van der Waals surface area (Å²) in [4.78, 5) is 0. The van der Waals surface area contributed by atoms with Gasteiger partial charge in [0.15, 0.2) is 5.76 Å². The molecule has 3 heteroatoms. The summed E-state index contributed by atoms with van der Waals surface area (Å²) in [7, 11) is 0. The predicted molar refractivity (Wildman–Crippen MR) is 84.5 cm³/mol. The van der Waals surface area contributed by atoms with Crippen LogP contribution in [0.2, 0.25) is 0 Å². The second-order valence-corrected chi connectivity index (χ2v) is 7.99. The van der Waals surface area contributed by atoms with Crippen LogP contribution in [0.5, 0.6) is 0 Å². The van der Waals surface area contributed by atoms with Crippen molar-refractivity contribution in [3.05, 3.63) is 11.8 Å². The van der Waals surface area contributed by atoms with Crippen LogP contribution in [0.1, 0.15) is 71.1 Å². The SMILES string of the molecule is CC1CCC(C2CCC(C3CCC(=C(F)F)OC3)CC2)CC1. The van der Waals surface area contributed by atoms with E-state index in [0.29, 0.717) is 24.9 Å². The minimum atomic E-state index is -1.62. The van der Waals surface area contributed by atoms with Gasteiger partial charge in [-0.25, -0.2) is 0 Å². The molecule has 1 atom stereocenters. The fourth-order valence-corrected chi connectivity index (χ4v) is 5.05. The van der Waals surface area contributed by atoms with Gasteiger partial charge < -0.3 is 4.74 Å². The van der Waals surface area contributed by atoms with Crippen LogP contribution in [0.4, 0.5) is 8.78 Å². The first-order valence-corrected chi connectivity index (χ1v) is 9.30. The van der Waals surface area contributed by atoms with Crippen molar-refractivity contribution in [2.75, 3.05) is 6.61 Å². The molecule has 2 aliphatic carbocycles. The maximum atomic E-state index is 12.5. The van der Waals surface area contributed by atoms with Crippen LogP contribution in [-0.4, -0.2) is 6.61 Å². The molecule has 0 spiro atoms. The summed E-state index contributed by atoms with van der Waals surface area (Å²) in [5.41, 5.74) is 0. The van der Waals surface area contributed by atoms with E-state index in [0.717, 1.165) is 24.2 Å². The van der Waals surface area contributed by atoms with E-state index in [1.165, 1.54) is 51.4 Å². The minimum Gasteiger partial charge on any atom is -0.492 e. The first-order chi connectivity index (χ1) is 10.6. The third-order valence-corrected chi connectivity index (χ3v) is 6.63. The molecule has 0 aromatic rings. The van der Waals surface area contributed by atoms with Gasteiger partial charge in [0, 0.05) is 6.42 Å². The van der Waals surface area contributed by atoms with E-state index in [4.69, 9.17) is 4.74 Å². The van der Waals surface area contributed by atoms with Gasteiger partial charge in [0.2, 0.25) is 0 Å². The van der Waals surface area contributed by atoms with Crippen molar-refractivity contribution in [3.63, 3.8) is 0 Å². The Morgan fingerprint density at radius 2 is 1.27 bits per heavy atom. The van der Waals surface area contributed by atoms with E-state index >= 15 is 0 Å². The maximum absolute atomic E-state index is 12.5. The Balaban J connectivity index is 1.43. The molecule has 1 heterocycles. The van der Waals surface area contributed by atoms with Gasteiger partial charge in [-0.2, -0.15) is 8.78 Å².